The van der Waals surface area contributed by atoms with E-state index in [4.69, 9.17) is 11.5 Å². The molecule has 2 unspecified atom stereocenters. The van der Waals surface area contributed by atoms with Gasteiger partial charge in [-0.1, -0.05) is 66.5 Å². The average molecular weight is 828 g/mol. The highest BCUT2D eigenvalue weighted by Gasteiger charge is 2.58. The summed E-state index contributed by atoms with van der Waals surface area (Å²) in [6.07, 6.45) is 7.22. The number of anilines is 2. The van der Waals surface area contributed by atoms with E-state index in [-0.39, 0.29) is 47.9 Å². The molecule has 2 saturated carbocycles. The van der Waals surface area contributed by atoms with Crippen LogP contribution in [0.2, 0.25) is 0 Å². The molecule has 0 saturated heterocycles. The van der Waals surface area contributed by atoms with Gasteiger partial charge in [-0.2, -0.15) is 0 Å². The van der Waals surface area contributed by atoms with Gasteiger partial charge in [0.1, 0.15) is 6.04 Å². The molecule has 4 aliphatic carbocycles. The summed E-state index contributed by atoms with van der Waals surface area (Å²) in [5.41, 5.74) is 14.5. The number of nitrogens with one attached hydrogen (secondary N) is 5. The van der Waals surface area contributed by atoms with Gasteiger partial charge in [-0.3, -0.25) is 29.8 Å². The van der Waals surface area contributed by atoms with Crippen molar-refractivity contribution >= 4 is 47.1 Å². The molecule has 2 aromatic carbocycles. The minimum Gasteiger partial charge on any atom is -0.465 e. The second-order valence-corrected chi connectivity index (χ2v) is 19.3. The van der Waals surface area contributed by atoms with E-state index in [1.165, 1.54) is 5.56 Å². The number of hydrogen-bond acceptors (Lipinski definition) is 7. The maximum absolute atomic E-state index is 14.7. The number of imide groups is 1. The summed E-state index contributed by atoms with van der Waals surface area (Å²) in [7, 11) is 0. The van der Waals surface area contributed by atoms with Crippen molar-refractivity contribution < 1.29 is 33.9 Å². The van der Waals surface area contributed by atoms with Crippen LogP contribution in [-0.4, -0.2) is 59.5 Å². The standard InChI is InChI=1S/C46H65N7O7/c1-26(2)36(47)38(55)52-33(10-7-23-49-41(48)58)37(54)50-29-15-11-27-13-17-34-43(3,31(27)24-29)19-8-21-45(34,5)39(56)53-40(57)46(6)22-9-20-44(4)32-25-30(51-42(59)60)16-12-28(32)14-18-35(44)46/h11-12,15-16,24-26,33-36,51H,7-10,13-14,17-23,47H2,1-6H3,(H,50,54)(H,52,55)(H,59,60)(H3,48,49,58)(H,53,56,57)/t33?,34-,35-,36?,43-,44-,45+,46+/m1/s1. The topological polar surface area (TPSA) is 235 Å². The fourth-order valence-electron chi connectivity index (χ4n) is 11.7. The molecular weight excluding hydrogens is 763 g/mol. The van der Waals surface area contributed by atoms with Gasteiger partial charge >= 0.3 is 12.1 Å². The Bertz CT molecular complexity index is 2040. The van der Waals surface area contributed by atoms with Crippen molar-refractivity contribution in [3.8, 4) is 0 Å². The van der Waals surface area contributed by atoms with E-state index in [9.17, 15) is 33.9 Å². The van der Waals surface area contributed by atoms with Crippen LogP contribution in [0.25, 0.3) is 0 Å². The predicted molar refractivity (Wildman–Crippen MR) is 230 cm³/mol. The Balaban J connectivity index is 1.20. The Kier molecular flexibility index (Phi) is 12.8. The molecule has 8 atom stereocenters. The number of nitrogens with two attached hydrogens (primary N) is 2. The predicted octanol–water partition coefficient (Wildman–Crippen LogP) is 6.00. The van der Waals surface area contributed by atoms with E-state index in [0.29, 0.717) is 30.6 Å². The molecule has 0 aliphatic heterocycles. The highest BCUT2D eigenvalue weighted by molar-refractivity contribution is 6.01. The lowest BCUT2D eigenvalue weighted by molar-refractivity contribution is -0.150. The van der Waals surface area contributed by atoms with Gasteiger partial charge in [-0.25, -0.2) is 9.59 Å². The van der Waals surface area contributed by atoms with Gasteiger partial charge in [-0.15, -0.1) is 0 Å². The molecule has 0 radical (unpaired) electrons. The molecule has 6 rings (SSSR count). The van der Waals surface area contributed by atoms with Crippen LogP contribution < -0.4 is 38.1 Å². The minimum absolute atomic E-state index is 0.0367. The highest BCUT2D eigenvalue weighted by Crippen LogP contribution is 2.59. The van der Waals surface area contributed by atoms with Gasteiger partial charge in [-0.05, 0) is 139 Å². The number of amides is 7. The maximum atomic E-state index is 14.7. The molecule has 0 spiro atoms. The van der Waals surface area contributed by atoms with E-state index >= 15 is 0 Å². The van der Waals surface area contributed by atoms with Crippen LogP contribution in [0.3, 0.4) is 0 Å². The Morgan fingerprint density at radius 2 is 1.25 bits per heavy atom. The second-order valence-electron chi connectivity index (χ2n) is 19.3. The van der Waals surface area contributed by atoms with Crippen molar-refractivity contribution in [3.05, 3.63) is 58.7 Å². The largest absolute Gasteiger partial charge is 0.465 e. The van der Waals surface area contributed by atoms with Gasteiger partial charge in [0.25, 0.3) is 0 Å². The van der Waals surface area contributed by atoms with E-state index in [2.05, 4.69) is 40.4 Å². The van der Waals surface area contributed by atoms with Gasteiger partial charge in [0.15, 0.2) is 0 Å². The first-order chi connectivity index (χ1) is 28.2. The van der Waals surface area contributed by atoms with Crippen LogP contribution in [0.15, 0.2) is 36.4 Å². The molecule has 0 aromatic heterocycles. The number of carbonyl (C=O) groups excluding carboxylic acids is 5. The first kappa shape index (κ1) is 44.6. The normalized spacial score (nSPS) is 28.9. The monoisotopic (exact) mass is 827 g/mol. The van der Waals surface area contributed by atoms with Crippen LogP contribution in [0.4, 0.5) is 21.0 Å². The smallest absolute Gasteiger partial charge is 0.409 e. The Labute approximate surface area is 353 Å². The third-order valence-electron chi connectivity index (χ3n) is 15.1. The van der Waals surface area contributed by atoms with Gasteiger partial charge in [0.05, 0.1) is 16.9 Å². The summed E-state index contributed by atoms with van der Waals surface area (Å²) < 4.78 is 0. The zero-order valence-electron chi connectivity index (χ0n) is 36.1. The molecule has 60 heavy (non-hydrogen) atoms. The van der Waals surface area contributed by atoms with Crippen molar-refractivity contribution in [3.63, 3.8) is 0 Å². The summed E-state index contributed by atoms with van der Waals surface area (Å²) in [6.45, 7) is 12.3. The lowest BCUT2D eigenvalue weighted by atomic mass is 9.49. The van der Waals surface area contributed by atoms with Crippen LogP contribution in [0.5, 0.6) is 0 Å². The van der Waals surface area contributed by atoms with E-state index < -0.39 is 52.3 Å². The molecule has 14 nitrogen and oxygen atoms in total. The highest BCUT2D eigenvalue weighted by atomic mass is 16.4. The van der Waals surface area contributed by atoms with Crippen molar-refractivity contribution in [2.45, 2.75) is 142 Å². The third-order valence-corrected chi connectivity index (χ3v) is 15.1. The Hall–Kier alpha value is -4.98. The Morgan fingerprint density at radius 1 is 0.750 bits per heavy atom. The number of carbonyl (C=O) groups is 6. The van der Waals surface area contributed by atoms with Crippen molar-refractivity contribution in [1.29, 1.82) is 0 Å². The zero-order valence-corrected chi connectivity index (χ0v) is 36.1. The SMILES string of the molecule is CC(C)C(N)C(=O)NC(CCCNC(N)=O)C(=O)Nc1ccc2c(c1)[C@@]1(C)CCC[C@](C)(C(=O)NC(=O)[C@@]3(C)CCC[C@]4(C)c5cc(NC(=O)O)ccc5CC[C@@H]34)[C@@H]1CC2. The molecule has 10 N–H and O–H groups in total. The van der Waals surface area contributed by atoms with Crippen molar-refractivity contribution in [2.75, 3.05) is 17.2 Å². The summed E-state index contributed by atoms with van der Waals surface area (Å²) in [5, 5.41) is 23.2. The van der Waals surface area contributed by atoms with Crippen LogP contribution in [0, 0.1) is 28.6 Å². The number of urea groups is 1. The van der Waals surface area contributed by atoms with Gasteiger partial charge in [0.2, 0.25) is 23.6 Å². The number of primary amides is 1. The summed E-state index contributed by atoms with van der Waals surface area (Å²) in [5.74, 6) is -1.56. The molecule has 14 heteroatoms. The molecule has 2 fully saturated rings. The van der Waals surface area contributed by atoms with Gasteiger partial charge in [0, 0.05) is 17.9 Å². The summed E-state index contributed by atoms with van der Waals surface area (Å²) in [4.78, 5) is 78.7. The molecule has 0 bridgehead atoms. The van der Waals surface area contributed by atoms with Crippen molar-refractivity contribution in [2.24, 2.45) is 40.1 Å². The molecular formula is C46H65N7O7. The lowest BCUT2D eigenvalue weighted by Crippen LogP contribution is -2.60. The molecule has 0 heterocycles. The quantitative estimate of drug-likeness (QED) is 0.0932. The summed E-state index contributed by atoms with van der Waals surface area (Å²) >= 11 is 0. The molecule has 4 aliphatic rings. The fraction of sp³-hybridized carbons (Fsp3) is 0.609. The number of aryl methyl sites for hydroxylation is 2. The minimum atomic E-state index is -1.12. The van der Waals surface area contributed by atoms with Gasteiger partial charge < -0.3 is 32.5 Å². The Morgan fingerprint density at radius 3 is 1.72 bits per heavy atom. The third kappa shape index (κ3) is 8.49. The van der Waals surface area contributed by atoms with E-state index in [1.54, 1.807) is 6.07 Å². The number of benzene rings is 2. The van der Waals surface area contributed by atoms with E-state index in [0.717, 1.165) is 68.1 Å². The molecule has 326 valence electrons. The summed E-state index contributed by atoms with van der Waals surface area (Å²) in [6, 6.07) is 9.24. The number of carboxylic acid groups (broad SMARTS) is 1. The number of hydrogen-bond donors (Lipinski definition) is 8. The fourth-order valence-corrected chi connectivity index (χ4v) is 11.7. The van der Waals surface area contributed by atoms with Crippen LogP contribution >= 0.6 is 0 Å². The molecule has 7 amide bonds. The zero-order chi connectivity index (χ0) is 43.8. The average Bonchev–Trinajstić information content (AvgIpc) is 3.18. The number of fused-ring (bicyclic) bond motifs is 6. The lowest BCUT2D eigenvalue weighted by Gasteiger charge is -2.56. The number of rotatable bonds is 12. The van der Waals surface area contributed by atoms with Crippen LogP contribution in [-0.2, 0) is 42.8 Å². The first-order valence-corrected chi connectivity index (χ1v) is 21.8. The van der Waals surface area contributed by atoms with E-state index in [1.807, 2.05) is 58.0 Å². The second kappa shape index (κ2) is 17.2. The molecule has 2 aromatic rings. The first-order valence-electron chi connectivity index (χ1n) is 21.8. The maximum Gasteiger partial charge on any atom is 0.409 e. The van der Waals surface area contributed by atoms with Crippen LogP contribution in [0.1, 0.15) is 128 Å². The van der Waals surface area contributed by atoms with Crippen molar-refractivity contribution in [1.82, 2.24) is 16.0 Å².